The van der Waals surface area contributed by atoms with Crippen LogP contribution in [-0.2, 0) is 0 Å². The highest BCUT2D eigenvalue weighted by Crippen LogP contribution is 2.39. The molecule has 1 unspecified atom stereocenters. The maximum atomic E-state index is 11.3. The molecule has 0 spiro atoms. The molecule has 0 aliphatic heterocycles. The molecule has 0 heterocycles. The van der Waals surface area contributed by atoms with Crippen molar-refractivity contribution in [2.45, 2.75) is 45.4 Å². The first-order valence-electron chi connectivity index (χ1n) is 8.13. The van der Waals surface area contributed by atoms with Crippen LogP contribution in [0.4, 0.5) is 5.69 Å². The molecular weight excluding hydrogens is 300 g/mol. The number of nitro benzene ring substituents is 1. The van der Waals surface area contributed by atoms with Crippen LogP contribution >= 0.6 is 0 Å². The van der Waals surface area contributed by atoms with Gasteiger partial charge in [0.15, 0.2) is 0 Å². The van der Waals surface area contributed by atoms with E-state index in [4.69, 9.17) is 0 Å². The molecule has 0 aromatic heterocycles. The van der Waals surface area contributed by atoms with E-state index in [1.807, 2.05) is 58.0 Å². The third kappa shape index (κ3) is 3.46. The van der Waals surface area contributed by atoms with Gasteiger partial charge in [-0.3, -0.25) is 10.1 Å². The van der Waals surface area contributed by atoms with Crippen molar-refractivity contribution in [2.24, 2.45) is 0 Å². The second-order valence-electron chi connectivity index (χ2n) is 6.58. The largest absolute Gasteiger partial charge is 0.270 e. The number of hydrogen-bond donors (Lipinski definition) is 0. The van der Waals surface area contributed by atoms with Gasteiger partial charge in [-0.05, 0) is 34.1 Å². The van der Waals surface area contributed by atoms with Crippen molar-refractivity contribution in [3.63, 3.8) is 0 Å². The molecule has 2 rings (SSSR count). The quantitative estimate of drug-likeness (QED) is 0.539. The van der Waals surface area contributed by atoms with E-state index in [9.17, 15) is 15.4 Å². The molecule has 0 amide bonds. The summed E-state index contributed by atoms with van der Waals surface area (Å²) >= 11 is 0. The Hall–Kier alpha value is -2.67. The number of nitriles is 1. The van der Waals surface area contributed by atoms with Gasteiger partial charge in [0.05, 0.1) is 16.9 Å². The Morgan fingerprint density at radius 1 is 1.00 bits per heavy atom. The Balaban J connectivity index is 2.79. The number of nitro groups is 1. The molecule has 0 saturated carbocycles. The zero-order valence-corrected chi connectivity index (χ0v) is 14.5. The van der Waals surface area contributed by atoms with Gasteiger partial charge in [-0.25, -0.2) is 0 Å². The molecule has 0 aliphatic carbocycles. The standard InChI is InChI=1S/C20H22N2O2/c1-13(2)17-10-16(22(23)24)11-18(14(3)4)20(17)19(12-21)15-8-6-5-7-9-15/h5-11,13-14,19H,1-4H3. The van der Waals surface area contributed by atoms with E-state index in [1.54, 1.807) is 12.1 Å². The molecule has 1 atom stereocenters. The van der Waals surface area contributed by atoms with Crippen LogP contribution in [0, 0.1) is 21.4 Å². The monoisotopic (exact) mass is 322 g/mol. The Labute approximate surface area is 142 Å². The molecule has 0 aliphatic rings. The van der Waals surface area contributed by atoms with E-state index in [0.29, 0.717) is 0 Å². The number of nitrogens with zero attached hydrogens (tertiary/aromatic N) is 2. The summed E-state index contributed by atoms with van der Waals surface area (Å²) in [5.41, 5.74) is 3.68. The first-order chi connectivity index (χ1) is 11.4. The van der Waals surface area contributed by atoms with Gasteiger partial charge in [0.25, 0.3) is 5.69 Å². The van der Waals surface area contributed by atoms with E-state index in [2.05, 4.69) is 6.07 Å². The molecule has 2 aromatic rings. The zero-order valence-electron chi connectivity index (χ0n) is 14.5. The molecule has 24 heavy (non-hydrogen) atoms. The lowest BCUT2D eigenvalue weighted by Crippen LogP contribution is -2.10. The summed E-state index contributed by atoms with van der Waals surface area (Å²) in [6, 6.07) is 15.3. The first kappa shape index (κ1) is 17.7. The minimum Gasteiger partial charge on any atom is -0.258 e. The van der Waals surface area contributed by atoms with Gasteiger partial charge in [-0.1, -0.05) is 58.0 Å². The Morgan fingerprint density at radius 3 is 1.88 bits per heavy atom. The van der Waals surface area contributed by atoms with E-state index < -0.39 is 5.92 Å². The van der Waals surface area contributed by atoms with Crippen molar-refractivity contribution in [1.29, 1.82) is 5.26 Å². The summed E-state index contributed by atoms with van der Waals surface area (Å²) in [5.74, 6) is -0.240. The second kappa shape index (κ2) is 7.27. The highest BCUT2D eigenvalue weighted by Gasteiger charge is 2.26. The van der Waals surface area contributed by atoms with Crippen LogP contribution in [-0.4, -0.2) is 4.92 Å². The van der Waals surface area contributed by atoms with Gasteiger partial charge in [0.2, 0.25) is 0 Å². The topological polar surface area (TPSA) is 66.9 Å². The summed E-state index contributed by atoms with van der Waals surface area (Å²) in [6.45, 7) is 8.02. The van der Waals surface area contributed by atoms with Gasteiger partial charge in [-0.15, -0.1) is 0 Å². The summed E-state index contributed by atoms with van der Waals surface area (Å²) in [6.07, 6.45) is 0. The molecule has 0 N–H and O–H groups in total. The minimum atomic E-state index is -0.429. The Morgan fingerprint density at radius 2 is 1.50 bits per heavy atom. The normalized spacial score (nSPS) is 12.2. The van der Waals surface area contributed by atoms with Crippen molar-refractivity contribution in [1.82, 2.24) is 0 Å². The van der Waals surface area contributed by atoms with Crippen molar-refractivity contribution in [3.8, 4) is 6.07 Å². The van der Waals surface area contributed by atoms with Crippen LogP contribution in [0.25, 0.3) is 0 Å². The van der Waals surface area contributed by atoms with Crippen molar-refractivity contribution in [3.05, 3.63) is 74.8 Å². The van der Waals surface area contributed by atoms with Gasteiger partial charge in [0, 0.05) is 12.1 Å². The van der Waals surface area contributed by atoms with E-state index in [1.165, 1.54) is 0 Å². The predicted octanol–water partition coefficient (Wildman–Crippen LogP) is 5.50. The first-order valence-corrected chi connectivity index (χ1v) is 8.13. The van der Waals surface area contributed by atoms with Gasteiger partial charge in [0.1, 0.15) is 0 Å². The molecule has 124 valence electrons. The van der Waals surface area contributed by atoms with E-state index in [-0.39, 0.29) is 22.4 Å². The summed E-state index contributed by atoms with van der Waals surface area (Å²) in [5, 5.41) is 21.2. The Kier molecular flexibility index (Phi) is 5.35. The van der Waals surface area contributed by atoms with Crippen LogP contribution in [0.15, 0.2) is 42.5 Å². The highest BCUT2D eigenvalue weighted by atomic mass is 16.6. The number of rotatable bonds is 5. The van der Waals surface area contributed by atoms with Crippen molar-refractivity contribution < 1.29 is 4.92 Å². The number of benzene rings is 2. The lowest BCUT2D eigenvalue weighted by Gasteiger charge is -2.23. The van der Waals surface area contributed by atoms with Crippen LogP contribution in [0.3, 0.4) is 0 Å². The molecule has 0 radical (unpaired) electrons. The maximum absolute atomic E-state index is 11.3. The fraction of sp³-hybridized carbons (Fsp3) is 0.350. The zero-order chi connectivity index (χ0) is 17.9. The third-order valence-corrected chi connectivity index (χ3v) is 4.23. The predicted molar refractivity (Wildman–Crippen MR) is 95.2 cm³/mol. The maximum Gasteiger partial charge on any atom is 0.270 e. The van der Waals surface area contributed by atoms with E-state index >= 15 is 0 Å². The molecular formula is C20H22N2O2. The van der Waals surface area contributed by atoms with Crippen LogP contribution < -0.4 is 0 Å². The van der Waals surface area contributed by atoms with Crippen LogP contribution in [0.5, 0.6) is 0 Å². The average Bonchev–Trinajstić information content (AvgIpc) is 2.55. The van der Waals surface area contributed by atoms with Crippen LogP contribution in [0.2, 0.25) is 0 Å². The lowest BCUT2D eigenvalue weighted by molar-refractivity contribution is -0.385. The third-order valence-electron chi connectivity index (χ3n) is 4.23. The van der Waals surface area contributed by atoms with E-state index in [0.717, 1.165) is 22.3 Å². The van der Waals surface area contributed by atoms with Gasteiger partial charge in [-0.2, -0.15) is 5.26 Å². The summed E-state index contributed by atoms with van der Waals surface area (Å²) in [7, 11) is 0. The van der Waals surface area contributed by atoms with Crippen molar-refractivity contribution >= 4 is 5.69 Å². The summed E-state index contributed by atoms with van der Waals surface area (Å²) in [4.78, 5) is 11.0. The fourth-order valence-corrected chi connectivity index (χ4v) is 3.03. The number of non-ortho nitro benzene ring substituents is 1. The van der Waals surface area contributed by atoms with Gasteiger partial charge >= 0.3 is 0 Å². The summed E-state index contributed by atoms with van der Waals surface area (Å²) < 4.78 is 0. The molecule has 0 bridgehead atoms. The molecule has 4 heteroatoms. The SMILES string of the molecule is CC(C)c1cc([N+](=O)[O-])cc(C(C)C)c1C(C#N)c1ccccc1. The minimum absolute atomic E-state index is 0.0934. The average molecular weight is 322 g/mol. The fourth-order valence-electron chi connectivity index (χ4n) is 3.03. The smallest absolute Gasteiger partial charge is 0.258 e. The molecule has 2 aromatic carbocycles. The lowest BCUT2D eigenvalue weighted by atomic mass is 9.79. The molecule has 4 nitrogen and oxygen atoms in total. The molecule has 0 saturated heterocycles. The highest BCUT2D eigenvalue weighted by molar-refractivity contribution is 5.54. The van der Waals surface area contributed by atoms with Crippen LogP contribution in [0.1, 0.15) is 67.7 Å². The molecule has 0 fully saturated rings. The second-order valence-corrected chi connectivity index (χ2v) is 6.58. The van der Waals surface area contributed by atoms with Crippen molar-refractivity contribution in [2.75, 3.05) is 0 Å². The Bertz CT molecular complexity index is 745. The number of hydrogen-bond acceptors (Lipinski definition) is 3. The van der Waals surface area contributed by atoms with Gasteiger partial charge < -0.3 is 0 Å².